The van der Waals surface area contributed by atoms with Crippen LogP contribution in [-0.4, -0.2) is 22.6 Å². The molecule has 0 aliphatic heterocycles. The summed E-state index contributed by atoms with van der Waals surface area (Å²) in [4.78, 5) is 9.32. The predicted octanol–water partition coefficient (Wildman–Crippen LogP) is 4.22. The molecule has 1 atom stereocenters. The molecule has 0 unspecified atom stereocenters. The molecule has 2 aromatic rings. The van der Waals surface area contributed by atoms with Crippen molar-refractivity contribution < 1.29 is 0 Å². The van der Waals surface area contributed by atoms with Crippen molar-refractivity contribution in [3.8, 4) is 0 Å². The number of hydrogen-bond acceptors (Lipinski definition) is 4. The van der Waals surface area contributed by atoms with Gasteiger partial charge in [0.05, 0.1) is 5.69 Å². The summed E-state index contributed by atoms with van der Waals surface area (Å²) in [6.07, 6.45) is 4.57. The second kappa shape index (κ2) is 7.44. The lowest BCUT2D eigenvalue weighted by molar-refractivity contribution is 0.750. The van der Waals surface area contributed by atoms with Crippen molar-refractivity contribution in [1.29, 1.82) is 0 Å². The number of nitrogens with zero attached hydrogens (tertiary/aromatic N) is 2. The Hall–Kier alpha value is -2.10. The highest BCUT2D eigenvalue weighted by Gasteiger charge is 2.26. The zero-order chi connectivity index (χ0) is 16.1. The van der Waals surface area contributed by atoms with Crippen molar-refractivity contribution in [2.24, 2.45) is 0 Å². The van der Waals surface area contributed by atoms with Crippen LogP contribution >= 0.6 is 0 Å². The fraction of sp³-hybridized carbons (Fsp3) is 0.474. The lowest BCUT2D eigenvalue weighted by atomic mass is 10.1. The monoisotopic (exact) mass is 310 g/mol. The second-order valence-corrected chi connectivity index (χ2v) is 6.39. The zero-order valence-corrected chi connectivity index (χ0v) is 14.0. The van der Waals surface area contributed by atoms with Crippen molar-refractivity contribution in [2.45, 2.75) is 51.5 Å². The van der Waals surface area contributed by atoms with Crippen LogP contribution in [0.1, 0.15) is 50.3 Å². The third-order valence-electron chi connectivity index (χ3n) is 4.29. The van der Waals surface area contributed by atoms with Gasteiger partial charge in [-0.2, -0.15) is 4.98 Å². The van der Waals surface area contributed by atoms with E-state index >= 15 is 0 Å². The first-order valence-corrected chi connectivity index (χ1v) is 8.68. The van der Waals surface area contributed by atoms with Crippen molar-refractivity contribution in [3.63, 3.8) is 0 Å². The van der Waals surface area contributed by atoms with Gasteiger partial charge in [0.25, 0.3) is 0 Å². The van der Waals surface area contributed by atoms with Crippen LogP contribution in [0.25, 0.3) is 0 Å². The quantitative estimate of drug-likeness (QED) is 0.766. The van der Waals surface area contributed by atoms with Crippen LogP contribution in [0.2, 0.25) is 0 Å². The molecule has 1 aliphatic rings. The van der Waals surface area contributed by atoms with Crippen LogP contribution < -0.4 is 10.6 Å². The Bertz CT molecular complexity index is 623. The van der Waals surface area contributed by atoms with E-state index in [4.69, 9.17) is 0 Å². The molecule has 1 heterocycles. The van der Waals surface area contributed by atoms with Gasteiger partial charge in [0, 0.05) is 24.6 Å². The zero-order valence-electron chi connectivity index (χ0n) is 14.0. The van der Waals surface area contributed by atoms with Gasteiger partial charge in [0.15, 0.2) is 0 Å². The van der Waals surface area contributed by atoms with E-state index in [0.29, 0.717) is 12.0 Å². The maximum absolute atomic E-state index is 4.69. The normalized spacial score (nSPS) is 15.2. The second-order valence-electron chi connectivity index (χ2n) is 6.39. The van der Waals surface area contributed by atoms with E-state index in [1.54, 1.807) is 0 Å². The molecule has 122 valence electrons. The van der Waals surface area contributed by atoms with E-state index in [-0.39, 0.29) is 0 Å². The molecule has 1 aromatic carbocycles. The SMILES string of the molecule is CC[C@@H](C)Nc1nc(NCCc2ccccc2)cc(C2CC2)n1. The van der Waals surface area contributed by atoms with Gasteiger partial charge in [-0.05, 0) is 38.2 Å². The van der Waals surface area contributed by atoms with Gasteiger partial charge < -0.3 is 10.6 Å². The van der Waals surface area contributed by atoms with Crippen molar-refractivity contribution >= 4 is 11.8 Å². The van der Waals surface area contributed by atoms with Crippen LogP contribution in [0, 0.1) is 0 Å². The van der Waals surface area contributed by atoms with Crippen molar-refractivity contribution in [3.05, 3.63) is 47.7 Å². The maximum Gasteiger partial charge on any atom is 0.225 e. The number of anilines is 2. The number of aromatic nitrogens is 2. The summed E-state index contributed by atoms with van der Waals surface area (Å²) in [6.45, 7) is 5.21. The molecule has 4 nitrogen and oxygen atoms in total. The summed E-state index contributed by atoms with van der Waals surface area (Å²) in [7, 11) is 0. The molecule has 0 saturated heterocycles. The van der Waals surface area contributed by atoms with E-state index in [1.165, 1.54) is 24.1 Å². The van der Waals surface area contributed by atoms with E-state index in [2.05, 4.69) is 70.8 Å². The molecule has 23 heavy (non-hydrogen) atoms. The standard InChI is InChI=1S/C19H26N4/c1-3-14(2)21-19-22-17(16-9-10-16)13-18(23-19)20-12-11-15-7-5-4-6-8-15/h4-8,13-14,16H,3,9-12H2,1-2H3,(H2,20,21,22,23)/t14-/m1/s1. The average Bonchev–Trinajstić information content (AvgIpc) is 3.40. The Morgan fingerprint density at radius 3 is 2.65 bits per heavy atom. The number of hydrogen-bond donors (Lipinski definition) is 2. The molecule has 1 aromatic heterocycles. The number of nitrogens with one attached hydrogen (secondary N) is 2. The molecule has 1 fully saturated rings. The first-order valence-electron chi connectivity index (χ1n) is 8.68. The first kappa shape index (κ1) is 15.8. The molecule has 0 amide bonds. The van der Waals surface area contributed by atoms with Gasteiger partial charge in [-0.3, -0.25) is 0 Å². The van der Waals surface area contributed by atoms with Crippen LogP contribution in [-0.2, 0) is 6.42 Å². The largest absolute Gasteiger partial charge is 0.370 e. The summed E-state index contributed by atoms with van der Waals surface area (Å²) in [5.74, 6) is 2.32. The number of benzene rings is 1. The third-order valence-corrected chi connectivity index (χ3v) is 4.29. The fourth-order valence-corrected chi connectivity index (χ4v) is 2.51. The smallest absolute Gasteiger partial charge is 0.225 e. The summed E-state index contributed by atoms with van der Waals surface area (Å²) in [5.41, 5.74) is 2.52. The first-order chi connectivity index (χ1) is 11.2. The highest BCUT2D eigenvalue weighted by Crippen LogP contribution is 2.39. The van der Waals surface area contributed by atoms with Crippen LogP contribution in [0.4, 0.5) is 11.8 Å². The maximum atomic E-state index is 4.69. The van der Waals surface area contributed by atoms with Gasteiger partial charge in [-0.1, -0.05) is 37.3 Å². The van der Waals surface area contributed by atoms with Gasteiger partial charge in [-0.15, -0.1) is 0 Å². The summed E-state index contributed by atoms with van der Waals surface area (Å²) >= 11 is 0. The lowest BCUT2D eigenvalue weighted by Gasteiger charge is -2.14. The van der Waals surface area contributed by atoms with E-state index in [9.17, 15) is 0 Å². The van der Waals surface area contributed by atoms with Crippen LogP contribution in [0.15, 0.2) is 36.4 Å². The topological polar surface area (TPSA) is 49.8 Å². The summed E-state index contributed by atoms with van der Waals surface area (Å²) < 4.78 is 0. The molecule has 0 bridgehead atoms. The Kier molecular flexibility index (Phi) is 5.11. The Morgan fingerprint density at radius 1 is 1.17 bits per heavy atom. The molecule has 1 aliphatic carbocycles. The van der Waals surface area contributed by atoms with Crippen LogP contribution in [0.3, 0.4) is 0 Å². The highest BCUT2D eigenvalue weighted by atomic mass is 15.2. The molecule has 0 spiro atoms. The van der Waals surface area contributed by atoms with Crippen molar-refractivity contribution in [1.82, 2.24) is 9.97 Å². The fourth-order valence-electron chi connectivity index (χ4n) is 2.51. The van der Waals surface area contributed by atoms with E-state index in [0.717, 1.165) is 31.2 Å². The summed E-state index contributed by atoms with van der Waals surface area (Å²) in [6, 6.07) is 13.0. The minimum Gasteiger partial charge on any atom is -0.370 e. The third kappa shape index (κ3) is 4.68. The summed E-state index contributed by atoms with van der Waals surface area (Å²) in [5, 5.41) is 6.86. The van der Waals surface area contributed by atoms with Crippen molar-refractivity contribution in [2.75, 3.05) is 17.2 Å². The predicted molar refractivity (Wildman–Crippen MR) is 96.0 cm³/mol. The molecule has 1 saturated carbocycles. The van der Waals surface area contributed by atoms with Gasteiger partial charge in [0.1, 0.15) is 5.82 Å². The minimum atomic E-state index is 0.390. The van der Waals surface area contributed by atoms with E-state index < -0.39 is 0 Å². The molecular formula is C19H26N4. The molecule has 3 rings (SSSR count). The van der Waals surface area contributed by atoms with Gasteiger partial charge >= 0.3 is 0 Å². The Labute approximate surface area is 138 Å². The molecule has 2 N–H and O–H groups in total. The molecule has 4 heteroatoms. The van der Waals surface area contributed by atoms with Crippen LogP contribution in [0.5, 0.6) is 0 Å². The number of rotatable bonds is 8. The molecular weight excluding hydrogens is 284 g/mol. The molecule has 0 radical (unpaired) electrons. The Morgan fingerprint density at radius 2 is 1.96 bits per heavy atom. The Balaban J connectivity index is 1.65. The minimum absolute atomic E-state index is 0.390. The van der Waals surface area contributed by atoms with Gasteiger partial charge in [0.2, 0.25) is 5.95 Å². The average molecular weight is 310 g/mol. The van der Waals surface area contributed by atoms with Gasteiger partial charge in [-0.25, -0.2) is 4.98 Å². The van der Waals surface area contributed by atoms with E-state index in [1.807, 2.05) is 0 Å². The highest BCUT2D eigenvalue weighted by molar-refractivity contribution is 5.44. The lowest BCUT2D eigenvalue weighted by Crippen LogP contribution is -2.17.